The van der Waals surface area contributed by atoms with Gasteiger partial charge in [0, 0.05) is 16.0 Å². The summed E-state index contributed by atoms with van der Waals surface area (Å²) < 4.78 is 10.9. The first-order valence-electron chi connectivity index (χ1n) is 8.57. The monoisotopic (exact) mass is 415 g/mol. The zero-order valence-electron chi connectivity index (χ0n) is 15.3. The van der Waals surface area contributed by atoms with Gasteiger partial charge in [-0.15, -0.1) is 11.3 Å². The number of esters is 1. The molecule has 0 fully saturated rings. The van der Waals surface area contributed by atoms with Gasteiger partial charge in [-0.05, 0) is 50.2 Å². The Morgan fingerprint density at radius 3 is 2.46 bits per heavy atom. The van der Waals surface area contributed by atoms with E-state index in [0.29, 0.717) is 15.6 Å². The smallest absolute Gasteiger partial charge is 0.358 e. The number of benzene rings is 2. The van der Waals surface area contributed by atoms with Gasteiger partial charge in [0.05, 0.1) is 0 Å². The average Bonchev–Trinajstić information content (AvgIpc) is 3.17. The van der Waals surface area contributed by atoms with Crippen molar-refractivity contribution in [3.05, 3.63) is 80.8 Å². The van der Waals surface area contributed by atoms with Crippen LogP contribution in [0.15, 0.2) is 53.9 Å². The molecule has 7 heteroatoms. The maximum Gasteiger partial charge on any atom is 0.358 e. The molecule has 0 amide bonds. The van der Waals surface area contributed by atoms with Gasteiger partial charge in [0.2, 0.25) is 5.78 Å². The molecule has 0 aliphatic heterocycles. The third-order valence-electron chi connectivity index (χ3n) is 3.93. The van der Waals surface area contributed by atoms with Crippen LogP contribution >= 0.6 is 22.9 Å². The summed E-state index contributed by atoms with van der Waals surface area (Å²) >= 11 is 7.12. The molecule has 3 aromatic rings. The summed E-state index contributed by atoms with van der Waals surface area (Å²) in [6, 6.07) is 14.1. The highest BCUT2D eigenvalue weighted by Gasteiger charge is 2.22. The van der Waals surface area contributed by atoms with Crippen molar-refractivity contribution < 1.29 is 19.1 Å². The second kappa shape index (κ2) is 8.99. The van der Waals surface area contributed by atoms with Gasteiger partial charge < -0.3 is 9.47 Å². The van der Waals surface area contributed by atoms with E-state index in [-0.39, 0.29) is 18.1 Å². The number of halogens is 1. The first kappa shape index (κ1) is 20.0. The molecule has 3 rings (SSSR count). The van der Waals surface area contributed by atoms with Crippen LogP contribution in [-0.4, -0.2) is 22.8 Å². The lowest BCUT2D eigenvalue weighted by Crippen LogP contribution is -2.24. The minimum absolute atomic E-state index is 0.156. The van der Waals surface area contributed by atoms with Crippen molar-refractivity contribution in [2.24, 2.45) is 0 Å². The molecule has 0 aliphatic carbocycles. The van der Waals surface area contributed by atoms with Gasteiger partial charge in [-0.2, -0.15) is 0 Å². The number of Topliss-reactive ketones (excluding diaryl/α,β-unsaturated/α-hetero) is 1. The largest absolute Gasteiger partial charge is 0.486 e. The second-order valence-electron chi connectivity index (χ2n) is 6.15. The molecule has 0 saturated carbocycles. The minimum atomic E-state index is -0.928. The van der Waals surface area contributed by atoms with Crippen molar-refractivity contribution in [1.29, 1.82) is 0 Å². The van der Waals surface area contributed by atoms with E-state index < -0.39 is 12.1 Å². The fourth-order valence-corrected chi connectivity index (χ4v) is 3.17. The van der Waals surface area contributed by atoms with Crippen molar-refractivity contribution in [1.82, 2.24) is 4.98 Å². The molecule has 0 spiro atoms. The Hall–Kier alpha value is -2.70. The molecule has 144 valence electrons. The molecular formula is C21H18ClNO4S. The topological polar surface area (TPSA) is 65.5 Å². The molecule has 1 heterocycles. The summed E-state index contributed by atoms with van der Waals surface area (Å²) in [5, 5.41) is 2.77. The number of thiazole rings is 1. The summed E-state index contributed by atoms with van der Waals surface area (Å²) in [5.74, 6) is -0.220. The van der Waals surface area contributed by atoms with Crippen LogP contribution in [0.5, 0.6) is 5.75 Å². The van der Waals surface area contributed by atoms with Crippen LogP contribution in [-0.2, 0) is 11.3 Å². The number of hydrogen-bond acceptors (Lipinski definition) is 6. The Morgan fingerprint density at radius 2 is 1.79 bits per heavy atom. The third-order valence-corrected chi connectivity index (χ3v) is 5.00. The van der Waals surface area contributed by atoms with Crippen molar-refractivity contribution in [2.75, 3.05) is 0 Å². The van der Waals surface area contributed by atoms with Gasteiger partial charge in [0.25, 0.3) is 0 Å². The summed E-state index contributed by atoms with van der Waals surface area (Å²) in [6.45, 7) is 3.78. The first-order chi connectivity index (χ1) is 13.4. The van der Waals surface area contributed by atoms with Gasteiger partial charge >= 0.3 is 5.97 Å². The van der Waals surface area contributed by atoms with Crippen LogP contribution < -0.4 is 4.74 Å². The zero-order valence-corrected chi connectivity index (χ0v) is 16.9. The molecule has 0 unspecified atom stereocenters. The Labute approximate surface area is 171 Å². The Morgan fingerprint density at radius 1 is 1.11 bits per heavy atom. The van der Waals surface area contributed by atoms with Gasteiger partial charge in [-0.3, -0.25) is 4.79 Å². The van der Waals surface area contributed by atoms with Crippen LogP contribution in [0, 0.1) is 6.92 Å². The van der Waals surface area contributed by atoms with E-state index in [1.807, 2.05) is 31.2 Å². The van der Waals surface area contributed by atoms with E-state index >= 15 is 0 Å². The lowest BCUT2D eigenvalue weighted by Gasteiger charge is -2.11. The van der Waals surface area contributed by atoms with E-state index in [4.69, 9.17) is 21.1 Å². The molecular weight excluding hydrogens is 398 g/mol. The SMILES string of the molecule is Cc1ccc(OCc2nc(C(=O)O[C@@H](C)C(=O)c3ccc(Cl)cc3)cs2)cc1. The van der Waals surface area contributed by atoms with Crippen LogP contribution in [0.4, 0.5) is 0 Å². The normalized spacial score (nSPS) is 11.7. The number of aryl methyl sites for hydroxylation is 1. The Bertz CT molecular complexity index is 967. The van der Waals surface area contributed by atoms with E-state index in [9.17, 15) is 9.59 Å². The summed E-state index contributed by atoms with van der Waals surface area (Å²) in [4.78, 5) is 28.9. The van der Waals surface area contributed by atoms with Gasteiger partial charge in [0.1, 0.15) is 17.4 Å². The van der Waals surface area contributed by atoms with Crippen molar-refractivity contribution in [3.63, 3.8) is 0 Å². The fourth-order valence-electron chi connectivity index (χ4n) is 2.37. The molecule has 0 saturated heterocycles. The molecule has 0 aliphatic rings. The maximum absolute atomic E-state index is 12.4. The average molecular weight is 416 g/mol. The molecule has 5 nitrogen and oxygen atoms in total. The predicted molar refractivity (Wildman–Crippen MR) is 108 cm³/mol. The standard InChI is InChI=1S/C21H18ClNO4S/c1-13-3-9-17(10-4-13)26-11-19-23-18(12-28-19)21(25)27-14(2)20(24)15-5-7-16(22)8-6-15/h3-10,12,14H,11H2,1-2H3/t14-/m0/s1. The van der Waals surface area contributed by atoms with E-state index in [1.165, 1.54) is 18.3 Å². The van der Waals surface area contributed by atoms with Crippen LogP contribution in [0.25, 0.3) is 0 Å². The summed E-state index contributed by atoms with van der Waals surface area (Å²) in [7, 11) is 0. The van der Waals surface area contributed by atoms with Gasteiger partial charge in [-0.1, -0.05) is 29.3 Å². The van der Waals surface area contributed by atoms with E-state index in [2.05, 4.69) is 4.98 Å². The lowest BCUT2D eigenvalue weighted by molar-refractivity contribution is 0.0313. The number of nitrogens with zero attached hydrogens (tertiary/aromatic N) is 1. The van der Waals surface area contributed by atoms with Crippen LogP contribution in [0.2, 0.25) is 5.02 Å². The molecule has 2 aromatic carbocycles. The molecule has 0 bridgehead atoms. The zero-order chi connectivity index (χ0) is 20.1. The molecule has 28 heavy (non-hydrogen) atoms. The Balaban J connectivity index is 1.56. The molecule has 0 N–H and O–H groups in total. The van der Waals surface area contributed by atoms with Crippen molar-refractivity contribution >= 4 is 34.7 Å². The molecule has 1 aromatic heterocycles. The number of carbonyl (C=O) groups excluding carboxylic acids is 2. The Kier molecular flexibility index (Phi) is 6.44. The van der Waals surface area contributed by atoms with Crippen LogP contribution in [0.1, 0.15) is 38.3 Å². The highest BCUT2D eigenvalue weighted by molar-refractivity contribution is 7.09. The van der Waals surface area contributed by atoms with Crippen LogP contribution in [0.3, 0.4) is 0 Å². The number of aromatic nitrogens is 1. The number of rotatable bonds is 7. The highest BCUT2D eigenvalue weighted by atomic mass is 35.5. The summed E-state index contributed by atoms with van der Waals surface area (Å²) in [5.41, 5.74) is 1.73. The molecule has 0 radical (unpaired) electrons. The minimum Gasteiger partial charge on any atom is -0.486 e. The summed E-state index contributed by atoms with van der Waals surface area (Å²) in [6.07, 6.45) is -0.928. The maximum atomic E-state index is 12.4. The highest BCUT2D eigenvalue weighted by Crippen LogP contribution is 2.18. The number of carbonyl (C=O) groups is 2. The fraction of sp³-hybridized carbons (Fsp3) is 0.190. The molecule has 1 atom stereocenters. The van der Waals surface area contributed by atoms with E-state index in [0.717, 1.165) is 11.3 Å². The quantitative estimate of drug-likeness (QED) is 0.396. The number of hydrogen-bond donors (Lipinski definition) is 0. The third kappa shape index (κ3) is 5.18. The number of ether oxygens (including phenoxy) is 2. The van der Waals surface area contributed by atoms with Crippen molar-refractivity contribution in [3.8, 4) is 5.75 Å². The first-order valence-corrected chi connectivity index (χ1v) is 9.83. The van der Waals surface area contributed by atoms with Gasteiger partial charge in [-0.25, -0.2) is 9.78 Å². The number of ketones is 1. The van der Waals surface area contributed by atoms with E-state index in [1.54, 1.807) is 29.6 Å². The van der Waals surface area contributed by atoms with Crippen molar-refractivity contribution in [2.45, 2.75) is 26.6 Å². The lowest BCUT2D eigenvalue weighted by atomic mass is 10.1. The second-order valence-corrected chi connectivity index (χ2v) is 7.53. The predicted octanol–water partition coefficient (Wildman–Crippen LogP) is 5.11. The van der Waals surface area contributed by atoms with Gasteiger partial charge in [0.15, 0.2) is 11.8 Å².